The van der Waals surface area contributed by atoms with Gasteiger partial charge in [-0.05, 0) is 62.1 Å². The van der Waals surface area contributed by atoms with Crippen molar-refractivity contribution in [2.75, 3.05) is 29.5 Å². The summed E-state index contributed by atoms with van der Waals surface area (Å²) in [4.78, 5) is 27.1. The summed E-state index contributed by atoms with van der Waals surface area (Å²) in [7, 11) is 0. The van der Waals surface area contributed by atoms with E-state index in [-0.39, 0.29) is 6.04 Å². The lowest BCUT2D eigenvalue weighted by Gasteiger charge is -2.36. The van der Waals surface area contributed by atoms with E-state index in [0.717, 1.165) is 71.8 Å². The number of hydrogen-bond donors (Lipinski definition) is 1. The van der Waals surface area contributed by atoms with Crippen LogP contribution >= 0.6 is 11.6 Å². The molecule has 3 aromatic heterocycles. The van der Waals surface area contributed by atoms with Crippen LogP contribution in [0.5, 0.6) is 0 Å². The Bertz CT molecular complexity index is 1420. The lowest BCUT2D eigenvalue weighted by molar-refractivity contribution is 0.0989. The van der Waals surface area contributed by atoms with Crippen molar-refractivity contribution >= 4 is 34.3 Å². The van der Waals surface area contributed by atoms with E-state index < -0.39 is 0 Å². The Morgan fingerprint density at radius 1 is 1.06 bits per heavy atom. The number of hydrogen-bond acceptors (Lipinski definition) is 7. The van der Waals surface area contributed by atoms with Crippen molar-refractivity contribution in [3.05, 3.63) is 70.0 Å². The van der Waals surface area contributed by atoms with Crippen LogP contribution in [-0.2, 0) is 11.2 Å². The summed E-state index contributed by atoms with van der Waals surface area (Å²) in [5, 5.41) is 1.93. The lowest BCUT2D eigenvalue weighted by Crippen LogP contribution is -2.38. The molecular formula is C26H26ClN7O. The first kappa shape index (κ1) is 21.1. The van der Waals surface area contributed by atoms with Crippen LogP contribution in [0.25, 0.3) is 10.9 Å². The van der Waals surface area contributed by atoms with Gasteiger partial charge in [-0.2, -0.15) is 9.97 Å². The summed E-state index contributed by atoms with van der Waals surface area (Å²) in [6.45, 7) is 6.33. The highest BCUT2D eigenvalue weighted by Crippen LogP contribution is 2.41. The van der Waals surface area contributed by atoms with Gasteiger partial charge < -0.3 is 19.5 Å². The molecule has 0 saturated carbocycles. The summed E-state index contributed by atoms with van der Waals surface area (Å²) in [6, 6.07) is 10.7. The highest BCUT2D eigenvalue weighted by molar-refractivity contribution is 6.31. The first-order valence-corrected chi connectivity index (χ1v) is 12.5. The maximum Gasteiger partial charge on any atom is 0.229 e. The number of anilines is 2. The third-order valence-corrected chi connectivity index (χ3v) is 7.71. The lowest BCUT2D eigenvalue weighted by atomic mass is 9.93. The summed E-state index contributed by atoms with van der Waals surface area (Å²) in [6.07, 6.45) is 4.32. The van der Waals surface area contributed by atoms with Crippen molar-refractivity contribution in [2.24, 2.45) is 0 Å². The maximum atomic E-state index is 6.36. The third kappa shape index (κ3) is 3.46. The molecule has 0 amide bonds. The van der Waals surface area contributed by atoms with Gasteiger partial charge in [0.2, 0.25) is 5.95 Å². The largest absolute Gasteiger partial charge is 0.374 e. The second kappa shape index (κ2) is 7.90. The number of aromatic amines is 1. The quantitative estimate of drug-likeness (QED) is 0.464. The molecule has 8 nitrogen and oxygen atoms in total. The van der Waals surface area contributed by atoms with Crippen LogP contribution in [0.3, 0.4) is 0 Å². The van der Waals surface area contributed by atoms with E-state index in [1.54, 1.807) is 0 Å². The zero-order chi connectivity index (χ0) is 23.7. The molecule has 6 heterocycles. The predicted octanol–water partition coefficient (Wildman–Crippen LogP) is 4.15. The summed E-state index contributed by atoms with van der Waals surface area (Å²) in [5.41, 5.74) is 4.63. The number of H-pyrrole nitrogens is 1. The van der Waals surface area contributed by atoms with E-state index in [9.17, 15) is 0 Å². The van der Waals surface area contributed by atoms with E-state index in [4.69, 9.17) is 31.3 Å². The standard InChI is InChI=1S/C26H26ClN7O/c1-14-29-15(2)31-26(30-14)33-8-7-20-21-9-17(27)4-5-22(21)32-24(20)25(33)16-3-6-23(28-11-16)34-12-19-10-18(34)13-35-19/h3-6,9,11,18-19,25,32H,7-8,10,12-13H2,1-2H3/t18-,19-,25?/m1/s1. The molecule has 0 spiro atoms. The minimum atomic E-state index is -0.0916. The molecule has 1 unspecified atom stereocenters. The van der Waals surface area contributed by atoms with Crippen molar-refractivity contribution in [3.8, 4) is 0 Å². The summed E-state index contributed by atoms with van der Waals surface area (Å²) < 4.78 is 5.77. The molecule has 2 fully saturated rings. The fraction of sp³-hybridized carbons (Fsp3) is 0.385. The monoisotopic (exact) mass is 487 g/mol. The fourth-order valence-electron chi connectivity index (χ4n) is 5.96. The number of nitrogens with zero attached hydrogens (tertiary/aromatic N) is 6. The third-order valence-electron chi connectivity index (χ3n) is 7.47. The van der Waals surface area contributed by atoms with E-state index in [2.05, 4.69) is 44.0 Å². The van der Waals surface area contributed by atoms with E-state index >= 15 is 0 Å². The van der Waals surface area contributed by atoms with Crippen molar-refractivity contribution in [1.82, 2.24) is 24.9 Å². The molecule has 4 aromatic rings. The van der Waals surface area contributed by atoms with Crippen molar-refractivity contribution in [3.63, 3.8) is 0 Å². The van der Waals surface area contributed by atoms with Crippen LogP contribution in [0.15, 0.2) is 36.5 Å². The molecule has 178 valence electrons. The second-order valence-electron chi connectivity index (χ2n) is 9.73. The molecule has 7 rings (SSSR count). The van der Waals surface area contributed by atoms with E-state index in [0.29, 0.717) is 18.1 Å². The van der Waals surface area contributed by atoms with Gasteiger partial charge in [-0.15, -0.1) is 0 Å². The van der Waals surface area contributed by atoms with Gasteiger partial charge in [0.1, 0.15) is 17.5 Å². The average molecular weight is 488 g/mol. The molecule has 2 saturated heterocycles. The molecule has 2 bridgehead atoms. The summed E-state index contributed by atoms with van der Waals surface area (Å²) >= 11 is 6.36. The normalized spacial score (nSPS) is 23.3. The first-order chi connectivity index (χ1) is 17.0. The number of morpholine rings is 1. The van der Waals surface area contributed by atoms with Crippen LogP contribution in [-0.4, -0.2) is 56.8 Å². The molecule has 3 aliphatic rings. The maximum absolute atomic E-state index is 6.36. The van der Waals surface area contributed by atoms with Crippen molar-refractivity contribution in [2.45, 2.75) is 44.9 Å². The second-order valence-corrected chi connectivity index (χ2v) is 10.2. The highest BCUT2D eigenvalue weighted by Gasteiger charge is 2.40. The van der Waals surface area contributed by atoms with Crippen molar-refractivity contribution in [1.29, 1.82) is 0 Å². The molecular weight excluding hydrogens is 462 g/mol. The number of aryl methyl sites for hydroxylation is 2. The smallest absolute Gasteiger partial charge is 0.229 e. The Morgan fingerprint density at radius 2 is 1.91 bits per heavy atom. The predicted molar refractivity (Wildman–Crippen MR) is 135 cm³/mol. The van der Waals surface area contributed by atoms with Gasteiger partial charge in [0, 0.05) is 40.9 Å². The topological polar surface area (TPSA) is 83.1 Å². The van der Waals surface area contributed by atoms with Crippen molar-refractivity contribution < 1.29 is 4.74 Å². The number of halogens is 1. The van der Waals surface area contributed by atoms with Crippen LogP contribution in [0.4, 0.5) is 11.8 Å². The van der Waals surface area contributed by atoms with Gasteiger partial charge in [-0.1, -0.05) is 17.7 Å². The van der Waals surface area contributed by atoms with Gasteiger partial charge in [-0.3, -0.25) is 0 Å². The highest BCUT2D eigenvalue weighted by atomic mass is 35.5. The van der Waals surface area contributed by atoms with Crippen LogP contribution in [0.1, 0.15) is 40.9 Å². The number of fused-ring (bicyclic) bond motifs is 5. The van der Waals surface area contributed by atoms with Gasteiger partial charge in [0.15, 0.2) is 0 Å². The van der Waals surface area contributed by atoms with Crippen LogP contribution < -0.4 is 9.80 Å². The molecule has 0 radical (unpaired) electrons. The van der Waals surface area contributed by atoms with Crippen LogP contribution in [0.2, 0.25) is 5.02 Å². The van der Waals surface area contributed by atoms with Gasteiger partial charge in [-0.25, -0.2) is 9.97 Å². The van der Waals surface area contributed by atoms with E-state index in [1.807, 2.05) is 26.1 Å². The Kier molecular flexibility index (Phi) is 4.76. The van der Waals surface area contributed by atoms with Gasteiger partial charge in [0.25, 0.3) is 0 Å². The molecule has 35 heavy (non-hydrogen) atoms. The van der Waals surface area contributed by atoms with E-state index in [1.165, 1.54) is 10.9 Å². The Labute approximate surface area is 208 Å². The molecule has 3 aliphatic heterocycles. The number of pyridine rings is 1. The zero-order valence-corrected chi connectivity index (χ0v) is 20.5. The minimum Gasteiger partial charge on any atom is -0.374 e. The molecule has 9 heteroatoms. The molecule has 1 N–H and O–H groups in total. The molecule has 1 aromatic carbocycles. The van der Waals surface area contributed by atoms with Crippen LogP contribution in [0, 0.1) is 13.8 Å². The fourth-order valence-corrected chi connectivity index (χ4v) is 6.13. The first-order valence-electron chi connectivity index (χ1n) is 12.1. The van der Waals surface area contributed by atoms with Gasteiger partial charge in [0.05, 0.1) is 24.8 Å². The molecule has 3 atom stereocenters. The Balaban J connectivity index is 1.34. The minimum absolute atomic E-state index is 0.0916. The summed E-state index contributed by atoms with van der Waals surface area (Å²) in [5.74, 6) is 3.16. The number of benzene rings is 1. The number of rotatable bonds is 3. The number of ether oxygens (including phenoxy) is 1. The number of nitrogens with one attached hydrogen (secondary N) is 1. The average Bonchev–Trinajstić information content (AvgIpc) is 3.57. The number of aromatic nitrogens is 5. The molecule has 0 aliphatic carbocycles. The SMILES string of the molecule is Cc1nc(C)nc(N2CCc3c([nH]c4ccc(Cl)cc34)C2c2ccc(N3C[C@H]4C[C@@H]3CO4)nc2)n1. The Morgan fingerprint density at radius 3 is 2.63 bits per heavy atom. The Hall–Kier alpha value is -3.23. The van der Waals surface area contributed by atoms with Gasteiger partial charge >= 0.3 is 0 Å². The zero-order valence-electron chi connectivity index (χ0n) is 19.7.